The average molecular weight is 304 g/mol. The van der Waals surface area contributed by atoms with Gasteiger partial charge in [-0.2, -0.15) is 0 Å². The first-order valence-corrected chi connectivity index (χ1v) is 8.45. The Morgan fingerprint density at radius 3 is 2.65 bits per heavy atom. The molecule has 23 heavy (non-hydrogen) atoms. The van der Waals surface area contributed by atoms with Crippen molar-refractivity contribution in [2.75, 3.05) is 0 Å². The molecule has 0 bridgehead atoms. The van der Waals surface area contributed by atoms with Gasteiger partial charge in [-0.3, -0.25) is 4.79 Å². The van der Waals surface area contributed by atoms with Crippen molar-refractivity contribution < 1.29 is 4.79 Å². The summed E-state index contributed by atoms with van der Waals surface area (Å²) in [5.74, 6) is 0.657. The van der Waals surface area contributed by atoms with Gasteiger partial charge in [0, 0.05) is 17.4 Å². The van der Waals surface area contributed by atoms with Crippen molar-refractivity contribution in [1.82, 2.24) is 0 Å². The molecule has 0 spiro atoms. The second kappa shape index (κ2) is 6.54. The molecule has 0 fully saturated rings. The molecule has 2 atom stereocenters. The number of ketones is 1. The maximum absolute atomic E-state index is 12.8. The van der Waals surface area contributed by atoms with Gasteiger partial charge in [0.05, 0.1) is 0 Å². The van der Waals surface area contributed by atoms with Crippen LogP contribution >= 0.6 is 0 Å². The predicted molar refractivity (Wildman–Crippen MR) is 96.0 cm³/mol. The first-order chi connectivity index (χ1) is 11.1. The summed E-state index contributed by atoms with van der Waals surface area (Å²) in [7, 11) is 0. The Hall–Kier alpha value is -2.15. The highest BCUT2D eigenvalue weighted by atomic mass is 16.1. The summed E-state index contributed by atoms with van der Waals surface area (Å²) in [4.78, 5) is 12.8. The molecule has 0 saturated heterocycles. The highest BCUT2D eigenvalue weighted by Crippen LogP contribution is 2.35. The van der Waals surface area contributed by atoms with E-state index in [4.69, 9.17) is 0 Å². The molecule has 0 heterocycles. The van der Waals surface area contributed by atoms with E-state index in [2.05, 4.69) is 37.8 Å². The van der Waals surface area contributed by atoms with Crippen molar-refractivity contribution in [2.45, 2.75) is 39.0 Å². The Kier molecular flexibility index (Phi) is 4.47. The third kappa shape index (κ3) is 3.29. The predicted octanol–water partition coefficient (Wildman–Crippen LogP) is 5.35. The quantitative estimate of drug-likeness (QED) is 0.549. The average Bonchev–Trinajstić information content (AvgIpc) is 2.58. The summed E-state index contributed by atoms with van der Waals surface area (Å²) in [6, 6.07) is 16.5. The molecular weight excluding hydrogens is 280 g/mol. The van der Waals surface area contributed by atoms with Crippen molar-refractivity contribution in [2.24, 2.45) is 5.92 Å². The van der Waals surface area contributed by atoms with Crippen LogP contribution in [-0.2, 0) is 12.8 Å². The molecule has 0 radical (unpaired) electrons. The van der Waals surface area contributed by atoms with Crippen molar-refractivity contribution in [3.05, 3.63) is 82.9 Å². The van der Waals surface area contributed by atoms with Gasteiger partial charge < -0.3 is 0 Å². The normalized spacial score (nSPS) is 18.3. The second-order valence-corrected chi connectivity index (χ2v) is 6.75. The lowest BCUT2D eigenvalue weighted by molar-refractivity contribution is 0.0929. The summed E-state index contributed by atoms with van der Waals surface area (Å²) < 4.78 is 0. The summed E-state index contributed by atoms with van der Waals surface area (Å²) in [6.07, 6.45) is 2.84. The fraction of sp³-hybridized carbons (Fsp3) is 0.318. The molecule has 0 saturated carbocycles. The summed E-state index contributed by atoms with van der Waals surface area (Å²) in [5, 5.41) is 0. The molecule has 0 amide bonds. The molecule has 2 aromatic rings. The molecule has 2 unspecified atom stereocenters. The minimum Gasteiger partial charge on any atom is -0.294 e. The lowest BCUT2D eigenvalue weighted by Crippen LogP contribution is -2.16. The number of hydrogen-bond acceptors (Lipinski definition) is 1. The van der Waals surface area contributed by atoms with Gasteiger partial charge in [0.15, 0.2) is 5.78 Å². The van der Waals surface area contributed by atoms with Crippen LogP contribution in [0.15, 0.2) is 60.7 Å². The van der Waals surface area contributed by atoms with Crippen molar-refractivity contribution >= 4 is 5.78 Å². The van der Waals surface area contributed by atoms with Crippen molar-refractivity contribution in [3.8, 4) is 0 Å². The van der Waals surface area contributed by atoms with Gasteiger partial charge in [-0.1, -0.05) is 68.5 Å². The molecule has 0 aromatic heterocycles. The number of fused-ring (bicyclic) bond motifs is 1. The highest BCUT2D eigenvalue weighted by Gasteiger charge is 2.22. The maximum Gasteiger partial charge on any atom is 0.166 e. The Balaban J connectivity index is 1.79. The number of allylic oxidation sites excluding steroid dienone is 1. The number of carbonyl (C=O) groups is 1. The number of hydrogen-bond donors (Lipinski definition) is 0. The summed E-state index contributed by atoms with van der Waals surface area (Å²) in [5.41, 5.74) is 6.04. The minimum absolute atomic E-state index is 0.00595. The standard InChI is InChI=1S/C22H24O/c1-15-9-10-19-14-20(11-12-21(19)17(15)3)22(23)16(2)13-18-7-5-4-6-8-18/h4-8,11-12,14,16-17H,1,9-10,13H2,2-3H3. The van der Waals surface area contributed by atoms with Crippen LogP contribution in [0.1, 0.15) is 53.2 Å². The van der Waals surface area contributed by atoms with E-state index in [0.29, 0.717) is 5.92 Å². The molecule has 1 aliphatic carbocycles. The topological polar surface area (TPSA) is 17.1 Å². The molecular formula is C22H24O. The van der Waals surface area contributed by atoms with E-state index in [0.717, 1.165) is 24.8 Å². The minimum atomic E-state index is 0.00595. The Bertz CT molecular complexity index is 727. The van der Waals surface area contributed by atoms with Crippen LogP contribution in [0, 0.1) is 5.92 Å². The zero-order valence-corrected chi connectivity index (χ0v) is 14.0. The van der Waals surface area contributed by atoms with Crippen LogP contribution in [0.3, 0.4) is 0 Å². The van der Waals surface area contributed by atoms with E-state index >= 15 is 0 Å². The number of carbonyl (C=O) groups excluding carboxylic acids is 1. The van der Waals surface area contributed by atoms with Gasteiger partial charge >= 0.3 is 0 Å². The van der Waals surface area contributed by atoms with Gasteiger partial charge in [-0.05, 0) is 42.0 Å². The fourth-order valence-electron chi connectivity index (χ4n) is 3.47. The van der Waals surface area contributed by atoms with E-state index < -0.39 is 0 Å². The zero-order chi connectivity index (χ0) is 16.4. The first kappa shape index (κ1) is 15.7. The highest BCUT2D eigenvalue weighted by molar-refractivity contribution is 5.98. The summed E-state index contributed by atoms with van der Waals surface area (Å²) >= 11 is 0. The number of benzene rings is 2. The molecule has 1 heteroatoms. The third-order valence-electron chi connectivity index (χ3n) is 5.05. The lowest BCUT2D eigenvalue weighted by Gasteiger charge is -2.25. The van der Waals surface area contributed by atoms with Crippen molar-refractivity contribution in [3.63, 3.8) is 0 Å². The largest absolute Gasteiger partial charge is 0.294 e. The second-order valence-electron chi connectivity index (χ2n) is 6.75. The van der Waals surface area contributed by atoms with E-state index in [-0.39, 0.29) is 11.7 Å². The molecule has 0 N–H and O–H groups in total. The molecule has 2 aromatic carbocycles. The molecule has 1 aliphatic rings. The van der Waals surface area contributed by atoms with E-state index in [1.807, 2.05) is 31.2 Å². The first-order valence-electron chi connectivity index (χ1n) is 8.45. The Labute approximate surface area is 139 Å². The molecule has 118 valence electrons. The molecule has 0 aliphatic heterocycles. The Morgan fingerprint density at radius 1 is 1.17 bits per heavy atom. The SMILES string of the molecule is C=C1CCc2cc(C(=O)C(C)Cc3ccccc3)ccc2C1C. The van der Waals surface area contributed by atoms with Gasteiger partial charge in [-0.15, -0.1) is 0 Å². The smallest absolute Gasteiger partial charge is 0.166 e. The van der Waals surface area contributed by atoms with Gasteiger partial charge in [0.2, 0.25) is 0 Å². The monoisotopic (exact) mass is 304 g/mol. The maximum atomic E-state index is 12.8. The van der Waals surface area contributed by atoms with E-state index in [9.17, 15) is 4.79 Å². The summed E-state index contributed by atoms with van der Waals surface area (Å²) in [6.45, 7) is 8.39. The molecule has 1 nitrogen and oxygen atoms in total. The van der Waals surface area contributed by atoms with Gasteiger partial charge in [0.1, 0.15) is 0 Å². The van der Waals surface area contributed by atoms with Gasteiger partial charge in [0.25, 0.3) is 0 Å². The van der Waals surface area contributed by atoms with Crippen LogP contribution in [0.5, 0.6) is 0 Å². The lowest BCUT2D eigenvalue weighted by atomic mass is 9.79. The number of Topliss-reactive ketones (excluding diaryl/α,β-unsaturated/α-hetero) is 1. The van der Waals surface area contributed by atoms with Crippen LogP contribution in [0.25, 0.3) is 0 Å². The number of rotatable bonds is 4. The van der Waals surface area contributed by atoms with E-state index in [1.54, 1.807) is 0 Å². The fourth-order valence-corrected chi connectivity index (χ4v) is 3.47. The third-order valence-corrected chi connectivity index (χ3v) is 5.05. The van der Waals surface area contributed by atoms with Crippen LogP contribution < -0.4 is 0 Å². The van der Waals surface area contributed by atoms with E-state index in [1.165, 1.54) is 22.3 Å². The van der Waals surface area contributed by atoms with Crippen LogP contribution in [0.4, 0.5) is 0 Å². The van der Waals surface area contributed by atoms with Crippen molar-refractivity contribution in [1.29, 1.82) is 0 Å². The Morgan fingerprint density at radius 2 is 1.91 bits per heavy atom. The van der Waals surface area contributed by atoms with Crippen LogP contribution in [0.2, 0.25) is 0 Å². The van der Waals surface area contributed by atoms with Crippen LogP contribution in [-0.4, -0.2) is 5.78 Å². The number of aryl methyl sites for hydroxylation is 1. The molecule has 3 rings (SSSR count). The zero-order valence-electron chi connectivity index (χ0n) is 14.0. The van der Waals surface area contributed by atoms with Gasteiger partial charge in [-0.25, -0.2) is 0 Å².